The normalized spacial score (nSPS) is 13.6. The zero-order valence-electron chi connectivity index (χ0n) is 19.0. The fourth-order valence-electron chi connectivity index (χ4n) is 4.29. The number of nitrogens with two attached hydrogens (primary N) is 3. The van der Waals surface area contributed by atoms with Crippen LogP contribution in [0.15, 0.2) is 50.6 Å². The van der Waals surface area contributed by atoms with Gasteiger partial charge in [0.05, 0.1) is 27.2 Å². The van der Waals surface area contributed by atoms with E-state index >= 15 is 0 Å². The Hall–Kier alpha value is -4.32. The molecule has 194 valence electrons. The van der Waals surface area contributed by atoms with Gasteiger partial charge in [-0.3, -0.25) is 4.72 Å². The minimum atomic E-state index is -4.69. The molecule has 0 saturated heterocycles. The van der Waals surface area contributed by atoms with Crippen LogP contribution in [0.4, 0.5) is 10.8 Å². The molecule has 38 heavy (non-hydrogen) atoms. The maximum atomic E-state index is 13.6. The Morgan fingerprint density at radius 1 is 1.08 bits per heavy atom. The number of rotatable bonds is 6. The van der Waals surface area contributed by atoms with Crippen molar-refractivity contribution in [2.45, 2.75) is 16.2 Å². The number of anilines is 2. The minimum Gasteiger partial charge on any atom is -0.454 e. The second-order valence-corrected chi connectivity index (χ2v) is 12.4. The third kappa shape index (κ3) is 3.88. The van der Waals surface area contributed by atoms with Crippen molar-refractivity contribution in [3.63, 3.8) is 0 Å². The van der Waals surface area contributed by atoms with Gasteiger partial charge < -0.3 is 15.9 Å². The van der Waals surface area contributed by atoms with Crippen LogP contribution in [-0.4, -0.2) is 42.4 Å². The monoisotopic (exact) mass is 571 g/mol. The van der Waals surface area contributed by atoms with Crippen LogP contribution >= 0.6 is 11.3 Å². The van der Waals surface area contributed by atoms with Gasteiger partial charge >= 0.3 is 0 Å². The summed E-state index contributed by atoms with van der Waals surface area (Å²) in [5.41, 5.74) is 13.9. The van der Waals surface area contributed by atoms with Crippen molar-refractivity contribution in [1.29, 1.82) is 0 Å². The summed E-state index contributed by atoms with van der Waals surface area (Å²) >= 11 is 1.24. The first-order chi connectivity index (χ1) is 18.0. The lowest BCUT2D eigenvalue weighted by Crippen LogP contribution is -2.30. The Morgan fingerprint density at radius 2 is 1.89 bits per heavy atom. The number of benzene rings is 2. The van der Waals surface area contributed by atoms with E-state index in [1.165, 1.54) is 23.5 Å². The van der Waals surface area contributed by atoms with Crippen LogP contribution in [0.25, 0.3) is 44.5 Å². The third-order valence-corrected chi connectivity index (χ3v) is 9.23. The fraction of sp³-hybridized carbons (Fsp3) is 0.0476. The summed E-state index contributed by atoms with van der Waals surface area (Å²) in [6.07, 6.45) is 1.77. The van der Waals surface area contributed by atoms with Crippen molar-refractivity contribution < 1.29 is 21.3 Å². The van der Waals surface area contributed by atoms with Crippen LogP contribution in [0.2, 0.25) is 0 Å². The predicted octanol–water partition coefficient (Wildman–Crippen LogP) is -0.181. The number of nitrogens with zero attached hydrogens (tertiary/aromatic N) is 4. The molecule has 14 nitrogen and oxygen atoms in total. The molecule has 2 bridgehead atoms. The van der Waals surface area contributed by atoms with Crippen molar-refractivity contribution in [3.05, 3.63) is 47.2 Å². The zero-order valence-corrected chi connectivity index (χ0v) is 21.5. The van der Waals surface area contributed by atoms with Crippen molar-refractivity contribution in [3.8, 4) is 22.5 Å². The topological polar surface area (TPSA) is 239 Å². The molecular weight excluding hydrogens is 554 g/mol. The van der Waals surface area contributed by atoms with Crippen LogP contribution in [-0.2, 0) is 20.0 Å². The van der Waals surface area contributed by atoms with Crippen LogP contribution < -0.4 is 32.2 Å². The number of thiazole rings is 1. The van der Waals surface area contributed by atoms with Crippen molar-refractivity contribution in [1.82, 2.24) is 30.3 Å². The molecule has 0 radical (unpaired) electrons. The molecule has 5 aromatic rings. The summed E-state index contributed by atoms with van der Waals surface area (Å²) in [7, 11) is -9.22. The van der Waals surface area contributed by atoms with E-state index in [-0.39, 0.29) is 34.5 Å². The lowest BCUT2D eigenvalue weighted by molar-refractivity contribution is 0.491. The van der Waals surface area contributed by atoms with E-state index in [1.54, 1.807) is 24.3 Å². The SMILES string of the molecule is Nc1nc2c(-c3ccc(S(=O)(=O)NC4=c5cc(N)c(o5)=CC4)c(S(N)(=O)=O)c3-c3nn[nH]n3)cccc2s1. The van der Waals surface area contributed by atoms with E-state index in [4.69, 9.17) is 21.0 Å². The number of nitrogens with one attached hydrogen (secondary N) is 2. The fourth-order valence-corrected chi connectivity index (χ4v) is 7.77. The first kappa shape index (κ1) is 24.0. The predicted molar refractivity (Wildman–Crippen MR) is 139 cm³/mol. The molecule has 0 amide bonds. The van der Waals surface area contributed by atoms with Crippen molar-refractivity contribution >= 4 is 64.2 Å². The Labute approximate surface area is 218 Å². The molecule has 17 heteroatoms. The molecule has 6 rings (SSSR count). The molecule has 4 heterocycles. The number of furan rings is 1. The van der Waals surface area contributed by atoms with E-state index in [9.17, 15) is 16.8 Å². The summed E-state index contributed by atoms with van der Waals surface area (Å²) in [6.45, 7) is 0. The summed E-state index contributed by atoms with van der Waals surface area (Å²) in [4.78, 5) is 3.02. The van der Waals surface area contributed by atoms with E-state index in [2.05, 4.69) is 30.3 Å². The number of H-pyrrole nitrogens is 1. The highest BCUT2D eigenvalue weighted by atomic mass is 32.2. The van der Waals surface area contributed by atoms with Gasteiger partial charge in [-0.2, -0.15) is 5.21 Å². The van der Waals surface area contributed by atoms with Crippen molar-refractivity contribution in [2.24, 2.45) is 5.14 Å². The van der Waals surface area contributed by atoms with E-state index in [0.717, 1.165) is 10.8 Å². The standard InChI is InChI=1S/C21H17N9O5S3/c22-11-8-14-12(5-6-13(11)35-14)28-38(33,34)16-7-4-9(10-2-1-3-15-18(10)25-21(23)36-15)17(19(16)37(24,31)32)20-26-29-30-27-20/h1-4,6-8,28H,5,22H2,(H2,23,25)(H2,24,31,32)(H,26,27,29,30). The molecule has 0 spiro atoms. The maximum absolute atomic E-state index is 13.6. The first-order valence-electron chi connectivity index (χ1n) is 10.7. The summed E-state index contributed by atoms with van der Waals surface area (Å²) < 4.78 is 61.9. The van der Waals surface area contributed by atoms with Gasteiger partial charge in [0.1, 0.15) is 20.6 Å². The second-order valence-electron chi connectivity index (χ2n) is 8.22. The van der Waals surface area contributed by atoms with Gasteiger partial charge in [-0.25, -0.2) is 27.0 Å². The largest absolute Gasteiger partial charge is 0.454 e. The lowest BCUT2D eigenvalue weighted by atomic mass is 9.98. The van der Waals surface area contributed by atoms with Crippen LogP contribution in [0.3, 0.4) is 0 Å². The number of primary sulfonamides is 1. The maximum Gasteiger partial charge on any atom is 0.263 e. The molecule has 8 N–H and O–H groups in total. The van der Waals surface area contributed by atoms with Gasteiger partial charge in [0.15, 0.2) is 5.13 Å². The highest BCUT2D eigenvalue weighted by Gasteiger charge is 2.33. The number of para-hydroxylation sites is 1. The molecule has 1 aliphatic rings. The molecule has 0 unspecified atom stereocenters. The van der Waals surface area contributed by atoms with Gasteiger partial charge in [-0.05, 0) is 29.0 Å². The lowest BCUT2D eigenvalue weighted by Gasteiger charge is -2.17. The Morgan fingerprint density at radius 3 is 2.63 bits per heavy atom. The molecule has 0 fully saturated rings. The Bertz CT molecular complexity index is 2100. The number of hydrogen-bond acceptors (Lipinski definition) is 12. The van der Waals surface area contributed by atoms with E-state index in [0.29, 0.717) is 27.3 Å². The van der Waals surface area contributed by atoms with Gasteiger partial charge in [-0.15, -0.1) is 10.2 Å². The molecule has 0 saturated carbocycles. The summed E-state index contributed by atoms with van der Waals surface area (Å²) in [5.74, 6) is -0.191. The third-order valence-electron chi connectivity index (χ3n) is 5.83. The number of tetrazole rings is 1. The number of fused-ring (bicyclic) bond motifs is 3. The van der Waals surface area contributed by atoms with Crippen LogP contribution in [0.1, 0.15) is 6.42 Å². The molecule has 0 atom stereocenters. The number of aromatic nitrogens is 5. The molecule has 3 aromatic heterocycles. The average molecular weight is 572 g/mol. The average Bonchev–Trinajstić information content (AvgIpc) is 3.58. The van der Waals surface area contributed by atoms with Crippen molar-refractivity contribution in [2.75, 3.05) is 11.5 Å². The zero-order chi connectivity index (χ0) is 26.8. The Balaban J connectivity index is 1.63. The molecule has 1 aliphatic heterocycles. The molecule has 2 aromatic carbocycles. The van der Waals surface area contributed by atoms with Gasteiger partial charge in [0, 0.05) is 18.1 Å². The number of sulfonamides is 2. The Kier molecular flexibility index (Phi) is 5.28. The first-order valence-corrected chi connectivity index (χ1v) is 14.6. The van der Waals surface area contributed by atoms with Crippen LogP contribution in [0.5, 0.6) is 0 Å². The number of hydrogen-bond donors (Lipinski definition) is 5. The smallest absolute Gasteiger partial charge is 0.263 e. The highest BCUT2D eigenvalue weighted by molar-refractivity contribution is 7.92. The number of aromatic amines is 1. The molecule has 0 aliphatic carbocycles. The summed E-state index contributed by atoms with van der Waals surface area (Å²) in [5, 5.41) is 19.6. The summed E-state index contributed by atoms with van der Waals surface area (Å²) in [6, 6.07) is 9.27. The highest BCUT2D eigenvalue weighted by Crippen LogP contribution is 2.42. The quantitative estimate of drug-likeness (QED) is 0.179. The van der Waals surface area contributed by atoms with Gasteiger partial charge in [0.25, 0.3) is 10.0 Å². The molecular formula is C21H17N9O5S3. The van der Waals surface area contributed by atoms with Gasteiger partial charge in [0.2, 0.25) is 15.8 Å². The van der Waals surface area contributed by atoms with E-state index < -0.39 is 29.8 Å². The minimum absolute atomic E-state index is 0.162. The van der Waals surface area contributed by atoms with Crippen LogP contribution in [0, 0.1) is 0 Å². The van der Waals surface area contributed by atoms with Gasteiger partial charge in [-0.1, -0.05) is 29.5 Å². The van der Waals surface area contributed by atoms with E-state index in [1.807, 2.05) is 0 Å². The number of nitrogen functional groups attached to an aromatic ring is 2. The second kappa shape index (κ2) is 8.35.